The second-order valence-corrected chi connectivity index (χ2v) is 4.98. The van der Waals surface area contributed by atoms with Crippen LogP contribution in [0.25, 0.3) is 22.3 Å². The molecule has 21 heavy (non-hydrogen) atoms. The molecule has 1 amide bonds. The highest BCUT2D eigenvalue weighted by Gasteiger charge is 2.16. The summed E-state index contributed by atoms with van der Waals surface area (Å²) in [6, 6.07) is 17.3. The Bertz CT molecular complexity index is 797. The molecule has 0 saturated heterocycles. The van der Waals surface area contributed by atoms with Crippen LogP contribution in [0.2, 0.25) is 0 Å². The van der Waals surface area contributed by atoms with Crippen molar-refractivity contribution in [2.45, 2.75) is 0 Å². The summed E-state index contributed by atoms with van der Waals surface area (Å²) in [6.45, 7) is 0. The number of carbonyl (C=O) groups excluding carboxylic acids is 1. The lowest BCUT2D eigenvalue weighted by molar-refractivity contribution is 0.0824. The molecule has 0 bridgehead atoms. The Morgan fingerprint density at radius 2 is 1.57 bits per heavy atom. The van der Waals surface area contributed by atoms with Gasteiger partial charge >= 0.3 is 0 Å². The highest BCUT2D eigenvalue weighted by atomic mass is 16.2. The fraction of sp³-hybridized carbons (Fsp3) is 0.118. The second-order valence-electron chi connectivity index (χ2n) is 4.98. The summed E-state index contributed by atoms with van der Waals surface area (Å²) >= 11 is 0. The van der Waals surface area contributed by atoms with Gasteiger partial charge in [-0.2, -0.15) is 0 Å². The largest absolute Gasteiger partial charge is 0.343 e. The average molecular weight is 277 g/mol. The fourth-order valence-corrected chi connectivity index (χ4v) is 2.17. The van der Waals surface area contributed by atoms with E-state index < -0.39 is 0 Å². The first kappa shape index (κ1) is 13.2. The van der Waals surface area contributed by atoms with Gasteiger partial charge in [0.15, 0.2) is 5.82 Å². The van der Waals surface area contributed by atoms with Gasteiger partial charge in [0.2, 0.25) is 0 Å². The number of aromatic nitrogens is 2. The molecule has 4 nitrogen and oxygen atoms in total. The smallest absolute Gasteiger partial charge is 0.272 e. The maximum atomic E-state index is 12.4. The lowest BCUT2D eigenvalue weighted by Gasteiger charge is -2.12. The summed E-state index contributed by atoms with van der Waals surface area (Å²) in [5, 5.41) is 0.774. The molecule has 0 radical (unpaired) electrons. The molecular weight excluding hydrogens is 262 g/mol. The van der Waals surface area contributed by atoms with Gasteiger partial charge in [-0.1, -0.05) is 48.5 Å². The lowest BCUT2D eigenvalue weighted by atomic mass is 10.1. The Morgan fingerprint density at radius 3 is 2.29 bits per heavy atom. The number of amides is 1. The number of nitrogens with zero attached hydrogens (tertiary/aromatic N) is 3. The molecule has 4 heteroatoms. The van der Waals surface area contributed by atoms with Crippen molar-refractivity contribution in [1.82, 2.24) is 14.9 Å². The number of hydrogen-bond acceptors (Lipinski definition) is 3. The third-order valence-corrected chi connectivity index (χ3v) is 3.24. The van der Waals surface area contributed by atoms with Crippen LogP contribution in [-0.2, 0) is 0 Å². The number of para-hydroxylation sites is 1. The van der Waals surface area contributed by atoms with Crippen LogP contribution in [0.15, 0.2) is 54.6 Å². The standard InChI is InChI=1S/C17H15N3O/c1-20(2)17(21)15-13-10-6-7-11-14(13)18-16(19-15)12-8-4-3-5-9-12/h3-11H,1-2H3. The second kappa shape index (κ2) is 5.32. The third-order valence-electron chi connectivity index (χ3n) is 3.24. The molecule has 0 N–H and O–H groups in total. The van der Waals surface area contributed by atoms with Crippen LogP contribution in [0, 0.1) is 0 Å². The molecule has 0 aliphatic rings. The van der Waals surface area contributed by atoms with Gasteiger partial charge in [-0.15, -0.1) is 0 Å². The van der Waals surface area contributed by atoms with Crippen LogP contribution in [0.1, 0.15) is 10.5 Å². The van der Waals surface area contributed by atoms with Crippen LogP contribution in [0.3, 0.4) is 0 Å². The van der Waals surface area contributed by atoms with Crippen molar-refractivity contribution in [2.24, 2.45) is 0 Å². The van der Waals surface area contributed by atoms with E-state index in [0.717, 1.165) is 16.5 Å². The fourth-order valence-electron chi connectivity index (χ4n) is 2.17. The van der Waals surface area contributed by atoms with Gasteiger partial charge in [-0.25, -0.2) is 9.97 Å². The molecule has 0 atom stereocenters. The van der Waals surface area contributed by atoms with Crippen molar-refractivity contribution in [1.29, 1.82) is 0 Å². The highest BCUT2D eigenvalue weighted by molar-refractivity contribution is 6.04. The van der Waals surface area contributed by atoms with E-state index in [4.69, 9.17) is 0 Å². The quantitative estimate of drug-likeness (QED) is 0.723. The molecule has 0 spiro atoms. The normalized spacial score (nSPS) is 10.6. The van der Waals surface area contributed by atoms with Gasteiger partial charge in [-0.05, 0) is 6.07 Å². The third kappa shape index (κ3) is 2.48. The molecule has 0 aliphatic carbocycles. The molecule has 0 saturated carbocycles. The first-order chi connectivity index (χ1) is 10.2. The summed E-state index contributed by atoms with van der Waals surface area (Å²) in [6.07, 6.45) is 0. The molecule has 3 aromatic rings. The van der Waals surface area contributed by atoms with Crippen LogP contribution >= 0.6 is 0 Å². The Labute approximate surface area is 123 Å². The van der Waals surface area contributed by atoms with E-state index in [1.54, 1.807) is 14.1 Å². The van der Waals surface area contributed by atoms with Crippen molar-refractivity contribution >= 4 is 16.8 Å². The van der Waals surface area contributed by atoms with Gasteiger partial charge in [0.1, 0.15) is 5.69 Å². The van der Waals surface area contributed by atoms with E-state index in [9.17, 15) is 4.79 Å². The summed E-state index contributed by atoms with van der Waals surface area (Å²) in [7, 11) is 3.45. The van der Waals surface area contributed by atoms with E-state index in [1.165, 1.54) is 4.90 Å². The minimum atomic E-state index is -0.120. The van der Waals surface area contributed by atoms with E-state index in [0.29, 0.717) is 11.5 Å². The van der Waals surface area contributed by atoms with Crippen molar-refractivity contribution in [3.05, 3.63) is 60.3 Å². The number of fused-ring (bicyclic) bond motifs is 1. The summed E-state index contributed by atoms with van der Waals surface area (Å²) in [4.78, 5) is 23.0. The topological polar surface area (TPSA) is 46.1 Å². The monoisotopic (exact) mass is 277 g/mol. The number of rotatable bonds is 2. The molecule has 1 aromatic heterocycles. The minimum absolute atomic E-state index is 0.120. The summed E-state index contributed by atoms with van der Waals surface area (Å²) < 4.78 is 0. The molecule has 0 fully saturated rings. The van der Waals surface area contributed by atoms with Crippen LogP contribution in [0.5, 0.6) is 0 Å². The number of hydrogen-bond donors (Lipinski definition) is 0. The Hall–Kier alpha value is -2.75. The summed E-state index contributed by atoms with van der Waals surface area (Å²) in [5.74, 6) is 0.449. The van der Waals surface area contributed by atoms with E-state index in [2.05, 4.69) is 9.97 Å². The van der Waals surface area contributed by atoms with Crippen molar-refractivity contribution in [2.75, 3.05) is 14.1 Å². The Balaban J connectivity index is 2.27. The van der Waals surface area contributed by atoms with E-state index >= 15 is 0 Å². The SMILES string of the molecule is CN(C)C(=O)c1nc(-c2ccccc2)nc2ccccc12. The first-order valence-electron chi connectivity index (χ1n) is 6.70. The number of carbonyl (C=O) groups is 1. The predicted molar refractivity (Wildman–Crippen MR) is 83.0 cm³/mol. The van der Waals surface area contributed by atoms with Gasteiger partial charge < -0.3 is 4.90 Å². The van der Waals surface area contributed by atoms with Crippen molar-refractivity contribution in [3.63, 3.8) is 0 Å². The van der Waals surface area contributed by atoms with Crippen LogP contribution < -0.4 is 0 Å². The number of benzene rings is 2. The molecule has 0 unspecified atom stereocenters. The Morgan fingerprint density at radius 1 is 0.905 bits per heavy atom. The zero-order chi connectivity index (χ0) is 14.8. The Kier molecular flexibility index (Phi) is 3.36. The lowest BCUT2D eigenvalue weighted by Crippen LogP contribution is -2.23. The molecule has 0 aliphatic heterocycles. The first-order valence-corrected chi connectivity index (χ1v) is 6.70. The zero-order valence-electron chi connectivity index (χ0n) is 11.9. The van der Waals surface area contributed by atoms with Crippen LogP contribution in [0.4, 0.5) is 0 Å². The average Bonchev–Trinajstić information content (AvgIpc) is 2.54. The highest BCUT2D eigenvalue weighted by Crippen LogP contribution is 2.22. The van der Waals surface area contributed by atoms with Crippen molar-refractivity contribution < 1.29 is 4.79 Å². The van der Waals surface area contributed by atoms with E-state index in [1.807, 2.05) is 54.6 Å². The molecular formula is C17H15N3O. The van der Waals surface area contributed by atoms with Gasteiger partial charge in [0.05, 0.1) is 5.52 Å². The summed E-state index contributed by atoms with van der Waals surface area (Å²) in [5.41, 5.74) is 2.11. The molecule has 104 valence electrons. The maximum Gasteiger partial charge on any atom is 0.272 e. The van der Waals surface area contributed by atoms with Crippen LogP contribution in [-0.4, -0.2) is 34.9 Å². The van der Waals surface area contributed by atoms with Gasteiger partial charge in [0.25, 0.3) is 5.91 Å². The zero-order valence-corrected chi connectivity index (χ0v) is 11.9. The van der Waals surface area contributed by atoms with E-state index in [-0.39, 0.29) is 5.91 Å². The van der Waals surface area contributed by atoms with Crippen molar-refractivity contribution in [3.8, 4) is 11.4 Å². The minimum Gasteiger partial charge on any atom is -0.343 e. The maximum absolute atomic E-state index is 12.4. The van der Waals surface area contributed by atoms with Gasteiger partial charge in [-0.3, -0.25) is 4.79 Å². The molecule has 3 rings (SSSR count). The molecule has 2 aromatic carbocycles. The molecule has 1 heterocycles. The predicted octanol–water partition coefficient (Wildman–Crippen LogP) is 3.00. The van der Waals surface area contributed by atoms with Gasteiger partial charge in [0, 0.05) is 25.0 Å².